The fourth-order valence-corrected chi connectivity index (χ4v) is 2.22. The van der Waals surface area contributed by atoms with Crippen molar-refractivity contribution in [2.45, 2.75) is 12.7 Å². The Labute approximate surface area is 75.7 Å². The second-order valence-corrected chi connectivity index (χ2v) is 6.79. The molecule has 66 valence electrons. The normalized spacial score (nSPS) is 11.5. The topological polar surface area (TPSA) is 0 Å². The summed E-state index contributed by atoms with van der Waals surface area (Å²) in [7, 11) is -0.900. The molecule has 0 aromatic heterocycles. The minimum Gasteiger partial charge on any atom is -0.213 e. The average molecular weight is 180 g/mol. The van der Waals surface area contributed by atoms with Gasteiger partial charge >= 0.3 is 0 Å². The van der Waals surface area contributed by atoms with Gasteiger partial charge in [-0.05, 0) is 24.3 Å². The van der Waals surface area contributed by atoms with Crippen molar-refractivity contribution in [2.75, 3.05) is 6.26 Å². The Morgan fingerprint density at radius 2 is 1.83 bits per heavy atom. The maximum absolute atomic E-state index is 4.08. The molecule has 1 aromatic carbocycles. The molecule has 0 aliphatic rings. The van der Waals surface area contributed by atoms with E-state index in [1.807, 2.05) is 0 Å². The maximum atomic E-state index is 4.08. The number of hydrogen-bond donors (Lipinski definition) is 0. The number of rotatable bonds is 2. The lowest BCUT2D eigenvalue weighted by molar-refractivity contribution is 1.31. The molecule has 0 aliphatic heterocycles. The first kappa shape index (κ1) is 9.40. The van der Waals surface area contributed by atoms with Crippen LogP contribution >= 0.6 is 9.21 Å². The van der Waals surface area contributed by atoms with Crippen LogP contribution in [0.2, 0.25) is 0 Å². The SMILES string of the molecule is C=S(=C)(C)Cc1ccccc1C. The van der Waals surface area contributed by atoms with Crippen molar-refractivity contribution < 1.29 is 0 Å². The van der Waals surface area contributed by atoms with Crippen molar-refractivity contribution >= 4 is 20.9 Å². The highest BCUT2D eigenvalue weighted by Crippen LogP contribution is 2.22. The lowest BCUT2D eigenvalue weighted by Crippen LogP contribution is -1.88. The molecule has 0 bridgehead atoms. The largest absolute Gasteiger partial charge is 0.213 e. The van der Waals surface area contributed by atoms with E-state index < -0.39 is 9.21 Å². The van der Waals surface area contributed by atoms with Crippen LogP contribution in [0, 0.1) is 6.92 Å². The summed E-state index contributed by atoms with van der Waals surface area (Å²) in [6, 6.07) is 8.45. The molecule has 1 heteroatoms. The third kappa shape index (κ3) is 2.74. The van der Waals surface area contributed by atoms with Crippen LogP contribution in [0.4, 0.5) is 0 Å². The van der Waals surface area contributed by atoms with Crippen LogP contribution in [0.25, 0.3) is 0 Å². The Kier molecular flexibility index (Phi) is 2.63. The molecule has 1 aromatic rings. The third-order valence-corrected chi connectivity index (χ3v) is 2.77. The highest BCUT2D eigenvalue weighted by atomic mass is 32.2. The van der Waals surface area contributed by atoms with Gasteiger partial charge in [0.2, 0.25) is 0 Å². The van der Waals surface area contributed by atoms with Crippen molar-refractivity contribution in [1.29, 1.82) is 0 Å². The first-order chi connectivity index (χ1) is 5.49. The molecule has 12 heavy (non-hydrogen) atoms. The van der Waals surface area contributed by atoms with E-state index in [4.69, 9.17) is 0 Å². The van der Waals surface area contributed by atoms with Crippen LogP contribution < -0.4 is 0 Å². The number of benzene rings is 1. The molecule has 0 saturated heterocycles. The quantitative estimate of drug-likeness (QED) is 0.614. The summed E-state index contributed by atoms with van der Waals surface area (Å²) < 4.78 is 0. The van der Waals surface area contributed by atoms with Gasteiger partial charge in [0, 0.05) is 5.75 Å². The monoisotopic (exact) mass is 180 g/mol. The van der Waals surface area contributed by atoms with Gasteiger partial charge in [-0.3, -0.25) is 0 Å². The number of aryl methyl sites for hydroxylation is 1. The molecule has 0 unspecified atom stereocenters. The van der Waals surface area contributed by atoms with Crippen LogP contribution in [0.5, 0.6) is 0 Å². The van der Waals surface area contributed by atoms with E-state index in [1.54, 1.807) is 0 Å². The summed E-state index contributed by atoms with van der Waals surface area (Å²) in [5, 5.41) is 0. The molecule has 0 nitrogen and oxygen atoms in total. The summed E-state index contributed by atoms with van der Waals surface area (Å²) in [5.41, 5.74) is 2.74. The van der Waals surface area contributed by atoms with E-state index in [2.05, 4.69) is 49.2 Å². The predicted octanol–water partition coefficient (Wildman–Crippen LogP) is 2.79. The van der Waals surface area contributed by atoms with E-state index in [1.165, 1.54) is 11.1 Å². The van der Waals surface area contributed by atoms with Crippen molar-refractivity contribution in [2.24, 2.45) is 0 Å². The fraction of sp³-hybridized carbons (Fsp3) is 0.273. The molecule has 0 saturated carbocycles. The predicted molar refractivity (Wildman–Crippen MR) is 62.6 cm³/mol. The van der Waals surface area contributed by atoms with Gasteiger partial charge in [0.05, 0.1) is 0 Å². The minimum absolute atomic E-state index is 0.900. The van der Waals surface area contributed by atoms with Crippen molar-refractivity contribution in [1.82, 2.24) is 0 Å². The Balaban J connectivity index is 2.98. The molecule has 0 radical (unpaired) electrons. The molecule has 0 heterocycles. The average Bonchev–Trinajstić information content (AvgIpc) is 1.91. The van der Waals surface area contributed by atoms with Gasteiger partial charge in [-0.2, -0.15) is 0 Å². The van der Waals surface area contributed by atoms with Crippen LogP contribution in [0.1, 0.15) is 11.1 Å². The standard InChI is InChI=1S/C11H16S/c1-10-7-5-6-8-11(10)9-12(2,3)4/h5-8H,2-3,9H2,1,4H3. The van der Waals surface area contributed by atoms with Gasteiger partial charge in [-0.25, -0.2) is 9.21 Å². The van der Waals surface area contributed by atoms with E-state index in [0.717, 1.165) is 5.75 Å². The highest BCUT2D eigenvalue weighted by Gasteiger charge is 1.97. The fourth-order valence-electron chi connectivity index (χ4n) is 1.15. The van der Waals surface area contributed by atoms with Crippen LogP contribution in [0.15, 0.2) is 24.3 Å². The van der Waals surface area contributed by atoms with E-state index >= 15 is 0 Å². The summed E-state index contributed by atoms with van der Waals surface area (Å²) in [6.45, 7) is 2.14. The second kappa shape index (κ2) is 3.36. The van der Waals surface area contributed by atoms with Crippen LogP contribution in [-0.4, -0.2) is 18.0 Å². The number of hydrogen-bond acceptors (Lipinski definition) is 0. The molecule has 1 rings (SSSR count). The Morgan fingerprint density at radius 1 is 1.25 bits per heavy atom. The zero-order chi connectivity index (χ0) is 9.19. The first-order valence-electron chi connectivity index (χ1n) is 3.96. The van der Waals surface area contributed by atoms with Crippen molar-refractivity contribution in [3.8, 4) is 0 Å². The Morgan fingerprint density at radius 3 is 2.33 bits per heavy atom. The first-order valence-corrected chi connectivity index (χ1v) is 6.50. The molecule has 0 N–H and O–H groups in total. The Hall–Kier alpha value is -0.690. The third-order valence-electron chi connectivity index (χ3n) is 1.77. The lowest BCUT2D eigenvalue weighted by Gasteiger charge is -2.09. The van der Waals surface area contributed by atoms with Crippen LogP contribution in [-0.2, 0) is 5.75 Å². The Bertz CT molecular complexity index is 358. The molecule has 0 spiro atoms. The molecular formula is C11H16S. The van der Waals surface area contributed by atoms with Crippen molar-refractivity contribution in [3.63, 3.8) is 0 Å². The van der Waals surface area contributed by atoms with E-state index in [9.17, 15) is 0 Å². The minimum atomic E-state index is -0.900. The summed E-state index contributed by atoms with van der Waals surface area (Å²) in [6.07, 6.45) is 2.14. The van der Waals surface area contributed by atoms with E-state index in [0.29, 0.717) is 0 Å². The van der Waals surface area contributed by atoms with Gasteiger partial charge in [-0.15, -0.1) is 0 Å². The van der Waals surface area contributed by atoms with Gasteiger partial charge in [0.25, 0.3) is 0 Å². The zero-order valence-electron chi connectivity index (χ0n) is 7.84. The zero-order valence-corrected chi connectivity index (χ0v) is 8.66. The molecule has 0 amide bonds. The molecule has 0 fully saturated rings. The van der Waals surface area contributed by atoms with Gasteiger partial charge < -0.3 is 0 Å². The van der Waals surface area contributed by atoms with Crippen molar-refractivity contribution in [3.05, 3.63) is 35.4 Å². The lowest BCUT2D eigenvalue weighted by atomic mass is 10.1. The molecule has 0 atom stereocenters. The molecular weight excluding hydrogens is 164 g/mol. The van der Waals surface area contributed by atoms with Crippen LogP contribution in [0.3, 0.4) is 0 Å². The molecule has 0 aliphatic carbocycles. The summed E-state index contributed by atoms with van der Waals surface area (Å²) >= 11 is 0. The summed E-state index contributed by atoms with van der Waals surface area (Å²) in [4.78, 5) is 0. The van der Waals surface area contributed by atoms with Gasteiger partial charge in [0.15, 0.2) is 0 Å². The van der Waals surface area contributed by atoms with E-state index in [-0.39, 0.29) is 0 Å². The highest BCUT2D eigenvalue weighted by molar-refractivity contribution is 8.26. The smallest absolute Gasteiger partial charge is 0.00826 e. The van der Waals surface area contributed by atoms with Gasteiger partial charge in [-0.1, -0.05) is 36.0 Å². The second-order valence-electron chi connectivity index (χ2n) is 3.55. The summed E-state index contributed by atoms with van der Waals surface area (Å²) in [5.74, 6) is 9.19. The maximum Gasteiger partial charge on any atom is 0.00826 e. The van der Waals surface area contributed by atoms with Gasteiger partial charge in [0.1, 0.15) is 0 Å².